The second-order valence-electron chi connectivity index (χ2n) is 8.38. The molecule has 0 saturated heterocycles. The van der Waals surface area contributed by atoms with E-state index in [1.807, 2.05) is 25.2 Å². The van der Waals surface area contributed by atoms with Crippen LogP contribution >= 0.6 is 0 Å². The molecule has 2 unspecified atom stereocenters. The van der Waals surface area contributed by atoms with Crippen LogP contribution in [0.3, 0.4) is 0 Å². The lowest BCUT2D eigenvalue weighted by Crippen LogP contribution is -2.42. The van der Waals surface area contributed by atoms with Crippen LogP contribution in [0, 0.1) is 5.92 Å². The van der Waals surface area contributed by atoms with E-state index in [1.54, 1.807) is 33.3 Å². The number of rotatable bonds is 8. The first kappa shape index (κ1) is 21.9. The summed E-state index contributed by atoms with van der Waals surface area (Å²) in [4.78, 5) is 30.6. The first-order valence-electron chi connectivity index (χ1n) is 10.8. The van der Waals surface area contributed by atoms with Crippen molar-refractivity contribution >= 4 is 23.2 Å². The summed E-state index contributed by atoms with van der Waals surface area (Å²) in [6.45, 7) is 3.84. The average molecular weight is 437 g/mol. The quantitative estimate of drug-likeness (QED) is 0.612. The third kappa shape index (κ3) is 4.20. The Hall–Kier alpha value is -3.33. The van der Waals surface area contributed by atoms with Crippen LogP contribution in [0.1, 0.15) is 49.2 Å². The molecule has 2 aliphatic rings. The van der Waals surface area contributed by atoms with Gasteiger partial charge >= 0.3 is 0 Å². The number of anilines is 2. The van der Waals surface area contributed by atoms with Crippen molar-refractivity contribution in [1.82, 2.24) is 20.0 Å². The van der Waals surface area contributed by atoms with E-state index in [1.165, 1.54) is 11.0 Å². The number of hydrogen-bond acceptors (Lipinski definition) is 7. The van der Waals surface area contributed by atoms with E-state index in [9.17, 15) is 9.59 Å². The van der Waals surface area contributed by atoms with Crippen molar-refractivity contribution < 1.29 is 14.3 Å². The predicted molar refractivity (Wildman–Crippen MR) is 120 cm³/mol. The van der Waals surface area contributed by atoms with Gasteiger partial charge in [-0.05, 0) is 25.8 Å². The number of nitrogens with one attached hydrogen (secondary N) is 2. The molecule has 1 amide bonds. The summed E-state index contributed by atoms with van der Waals surface area (Å²) in [7, 11) is 3.41. The molecule has 4 rings (SSSR count). The lowest BCUT2D eigenvalue weighted by molar-refractivity contribution is -0.117. The van der Waals surface area contributed by atoms with Gasteiger partial charge in [-0.25, -0.2) is 4.98 Å². The molecule has 2 atom stereocenters. The number of aryl methyl sites for hydroxylation is 1. The third-order valence-electron chi connectivity index (χ3n) is 5.94. The van der Waals surface area contributed by atoms with Crippen LogP contribution in [0.15, 0.2) is 42.4 Å². The topological polar surface area (TPSA) is 111 Å². The summed E-state index contributed by atoms with van der Waals surface area (Å²) >= 11 is 0. The minimum atomic E-state index is -0.564. The lowest BCUT2D eigenvalue weighted by Gasteiger charge is -2.36. The van der Waals surface area contributed by atoms with Gasteiger partial charge in [0.25, 0.3) is 0 Å². The van der Waals surface area contributed by atoms with Crippen LogP contribution in [-0.2, 0) is 22.0 Å². The van der Waals surface area contributed by atoms with Crippen molar-refractivity contribution in [1.29, 1.82) is 0 Å². The monoisotopic (exact) mass is 436 g/mol. The number of ether oxygens (including phenoxy) is 1. The maximum atomic E-state index is 12.6. The summed E-state index contributed by atoms with van der Waals surface area (Å²) in [6.07, 6.45) is 10.9. The van der Waals surface area contributed by atoms with E-state index in [-0.39, 0.29) is 17.6 Å². The number of amides is 1. The molecular formula is C23H28N6O3. The molecule has 2 aliphatic carbocycles. The number of pyridine rings is 1. The fraction of sp³-hybridized carbons (Fsp3) is 0.435. The highest BCUT2D eigenvalue weighted by Crippen LogP contribution is 2.37. The Morgan fingerprint density at radius 3 is 2.72 bits per heavy atom. The van der Waals surface area contributed by atoms with E-state index in [0.29, 0.717) is 23.5 Å². The van der Waals surface area contributed by atoms with Gasteiger partial charge in [-0.2, -0.15) is 15.0 Å². The van der Waals surface area contributed by atoms with Gasteiger partial charge in [0.15, 0.2) is 5.78 Å². The molecule has 0 radical (unpaired) electrons. The number of nitrogens with zero attached hydrogens (tertiary/aromatic N) is 4. The molecule has 168 valence electrons. The molecule has 0 aliphatic heterocycles. The van der Waals surface area contributed by atoms with Crippen LogP contribution in [0.25, 0.3) is 0 Å². The number of carbonyl (C=O) groups is 2. The second-order valence-corrected chi connectivity index (χ2v) is 8.38. The Kier molecular flexibility index (Phi) is 5.92. The van der Waals surface area contributed by atoms with Gasteiger partial charge in [0.2, 0.25) is 5.91 Å². The number of ketones is 1. The van der Waals surface area contributed by atoms with Gasteiger partial charge in [0.1, 0.15) is 11.9 Å². The van der Waals surface area contributed by atoms with Crippen LogP contribution in [0.2, 0.25) is 0 Å². The Bertz CT molecular complexity index is 1100. The molecule has 0 spiro atoms. The van der Waals surface area contributed by atoms with Gasteiger partial charge < -0.3 is 15.4 Å². The summed E-state index contributed by atoms with van der Waals surface area (Å²) in [5.41, 5.74) is 2.00. The number of methoxy groups -OCH3 is 1. The van der Waals surface area contributed by atoms with E-state index in [4.69, 9.17) is 4.74 Å². The molecule has 32 heavy (non-hydrogen) atoms. The maximum absolute atomic E-state index is 12.6. The van der Waals surface area contributed by atoms with Gasteiger partial charge in [-0.15, -0.1) is 0 Å². The zero-order chi connectivity index (χ0) is 22.9. The van der Waals surface area contributed by atoms with Crippen LogP contribution < -0.4 is 10.6 Å². The number of aromatic nitrogens is 4. The summed E-state index contributed by atoms with van der Waals surface area (Å²) in [5.74, 6) is 0.386. The molecule has 2 aromatic rings. The minimum Gasteiger partial charge on any atom is -0.374 e. The molecule has 1 saturated carbocycles. The molecule has 1 fully saturated rings. The molecule has 9 nitrogen and oxygen atoms in total. The molecular weight excluding hydrogens is 408 g/mol. The lowest BCUT2D eigenvalue weighted by atomic mass is 9.76. The predicted octanol–water partition coefficient (Wildman–Crippen LogP) is 2.99. The Balaban J connectivity index is 1.66. The number of Topliss-reactive ketones (excluding diaryl/α,β-unsaturated/α-hetero) is 1. The van der Waals surface area contributed by atoms with E-state index in [2.05, 4.69) is 25.8 Å². The van der Waals surface area contributed by atoms with Gasteiger partial charge in [0, 0.05) is 44.5 Å². The molecule has 2 aromatic heterocycles. The second kappa shape index (κ2) is 8.66. The zero-order valence-corrected chi connectivity index (χ0v) is 18.8. The minimum absolute atomic E-state index is 0.0390. The van der Waals surface area contributed by atoms with Crippen molar-refractivity contribution in [2.75, 3.05) is 17.7 Å². The summed E-state index contributed by atoms with van der Waals surface area (Å²) < 4.78 is 5.89. The normalized spacial score (nSPS) is 22.4. The van der Waals surface area contributed by atoms with Crippen molar-refractivity contribution in [2.24, 2.45) is 13.0 Å². The van der Waals surface area contributed by atoms with Crippen LogP contribution in [0.5, 0.6) is 0 Å². The van der Waals surface area contributed by atoms with Crippen molar-refractivity contribution in [2.45, 2.75) is 44.6 Å². The van der Waals surface area contributed by atoms with Gasteiger partial charge in [0.05, 0.1) is 28.6 Å². The summed E-state index contributed by atoms with van der Waals surface area (Å²) in [5, 5.41) is 14.9. The SMILES string of the molecule is CCC(=O)c1cnc(NC(=O)C2CC2)cc1NC1=CC=CC(C)(c2cnn(C)n2)C1OC. The Labute approximate surface area is 186 Å². The average Bonchev–Trinajstić information content (AvgIpc) is 3.54. The van der Waals surface area contributed by atoms with E-state index >= 15 is 0 Å². The van der Waals surface area contributed by atoms with Gasteiger partial charge in [-0.3, -0.25) is 9.59 Å². The molecule has 2 heterocycles. The first-order chi connectivity index (χ1) is 15.4. The summed E-state index contributed by atoms with van der Waals surface area (Å²) in [6, 6.07) is 1.70. The third-order valence-corrected chi connectivity index (χ3v) is 5.94. The highest BCUT2D eigenvalue weighted by Gasteiger charge is 2.41. The number of allylic oxidation sites excluding steroid dienone is 2. The fourth-order valence-corrected chi connectivity index (χ4v) is 3.91. The van der Waals surface area contributed by atoms with Crippen LogP contribution in [-0.4, -0.2) is 44.9 Å². The van der Waals surface area contributed by atoms with Crippen molar-refractivity contribution in [3.8, 4) is 0 Å². The Morgan fingerprint density at radius 1 is 1.31 bits per heavy atom. The van der Waals surface area contributed by atoms with Crippen LogP contribution in [0.4, 0.5) is 11.5 Å². The smallest absolute Gasteiger partial charge is 0.228 e. The molecule has 2 N–H and O–H groups in total. The number of carbonyl (C=O) groups excluding carboxylic acids is 2. The Morgan fingerprint density at radius 2 is 2.09 bits per heavy atom. The largest absolute Gasteiger partial charge is 0.374 e. The van der Waals surface area contributed by atoms with E-state index in [0.717, 1.165) is 24.2 Å². The molecule has 9 heteroatoms. The highest BCUT2D eigenvalue weighted by atomic mass is 16.5. The first-order valence-corrected chi connectivity index (χ1v) is 10.8. The molecule has 0 aromatic carbocycles. The van der Waals surface area contributed by atoms with Crippen molar-refractivity contribution in [3.63, 3.8) is 0 Å². The zero-order valence-electron chi connectivity index (χ0n) is 18.8. The molecule has 0 bridgehead atoms. The standard InChI is InChI=1S/C23H28N6O3/c1-5-18(30)15-12-24-20(27-22(31)14-8-9-14)11-17(15)26-16-7-6-10-23(2,21(16)32-4)19-13-25-29(3)28-19/h6-7,10-14,21H,5,8-9H2,1-4H3,(H2,24,26,27,31). The van der Waals surface area contributed by atoms with E-state index < -0.39 is 11.5 Å². The van der Waals surface area contributed by atoms with Crippen molar-refractivity contribution in [3.05, 3.63) is 53.6 Å². The fourth-order valence-electron chi connectivity index (χ4n) is 3.91. The highest BCUT2D eigenvalue weighted by molar-refractivity contribution is 6.02. The maximum Gasteiger partial charge on any atom is 0.228 e. The number of hydrogen-bond donors (Lipinski definition) is 2. The van der Waals surface area contributed by atoms with Gasteiger partial charge in [-0.1, -0.05) is 19.1 Å².